The molecule has 0 aliphatic carbocycles. The second-order valence-electron chi connectivity index (χ2n) is 16.3. The van der Waals surface area contributed by atoms with Crippen LogP contribution in [0.4, 0.5) is 11.4 Å². The number of hydrogen-bond acceptors (Lipinski definition) is 2. The first-order valence-corrected chi connectivity index (χ1v) is 23.6. The van der Waals surface area contributed by atoms with Crippen LogP contribution in [0, 0.1) is 13.8 Å². The van der Waals surface area contributed by atoms with E-state index in [0.29, 0.717) is 0 Å². The summed E-state index contributed by atoms with van der Waals surface area (Å²) in [5.41, 5.74) is 13.4. The Labute approximate surface area is 364 Å². The van der Waals surface area contributed by atoms with E-state index in [9.17, 15) is 0 Å². The van der Waals surface area contributed by atoms with Gasteiger partial charge in [0.1, 0.15) is 0 Å². The Morgan fingerprint density at radius 1 is 0.509 bits per heavy atom. The van der Waals surface area contributed by atoms with Crippen molar-refractivity contribution >= 4 is 23.3 Å². The van der Waals surface area contributed by atoms with E-state index in [4.69, 9.17) is 9.98 Å². The van der Waals surface area contributed by atoms with Gasteiger partial charge in [-0.15, -0.1) is 0 Å². The average Bonchev–Trinajstić information content (AvgIpc) is 3.21. The van der Waals surface area contributed by atoms with Gasteiger partial charge in [-0.3, -0.25) is 9.98 Å². The van der Waals surface area contributed by atoms with Gasteiger partial charge in [-0.05, 0) is 128 Å². The molecule has 0 bridgehead atoms. The summed E-state index contributed by atoms with van der Waals surface area (Å²) in [6, 6.07) is 20.5. The molecule has 3 aromatic carbocycles. The van der Waals surface area contributed by atoms with Crippen LogP contribution < -0.4 is 0 Å². The number of rotatable bonds is 30. The fourth-order valence-corrected chi connectivity index (χ4v) is 8.10. The molecular weight excluding hydrogens is 735 g/mol. The fraction of sp³-hybridized carbons (Fsp3) is 0.611. The smallest absolute Gasteiger partial charge is 0.0639 e. The molecule has 0 atom stereocenters. The van der Waals surface area contributed by atoms with Gasteiger partial charge < -0.3 is 6.92 Å². The molecular formula is C54H85N2Ni-. The number of hydrogen-bond donors (Lipinski definition) is 0. The van der Waals surface area contributed by atoms with Gasteiger partial charge in [0.05, 0.1) is 17.1 Å². The van der Waals surface area contributed by atoms with Crippen molar-refractivity contribution in [2.24, 2.45) is 9.98 Å². The fourth-order valence-electron chi connectivity index (χ4n) is 8.10. The molecule has 0 amide bonds. The molecule has 57 heavy (non-hydrogen) atoms. The molecule has 0 spiro atoms. The molecule has 2 nitrogen and oxygen atoms in total. The quantitative estimate of drug-likeness (QED) is 0.0277. The van der Waals surface area contributed by atoms with E-state index >= 15 is 0 Å². The first-order valence-electron chi connectivity index (χ1n) is 23.6. The molecule has 0 aliphatic heterocycles. The van der Waals surface area contributed by atoms with E-state index in [1.807, 2.05) is 6.21 Å². The SMILES string of the molecule is CCCCCCCCc1cc(N=C(C)C=Nc2cc(CCCCCC)c(CCCCCCCC)c(-c3ccccc3)c2)cc(C)c1CCCCCCCC.[CH2-]C.[Ni]. The number of aryl methyl sites for hydroxylation is 3. The van der Waals surface area contributed by atoms with Crippen LogP contribution in [-0.4, -0.2) is 11.9 Å². The molecule has 0 aromatic heterocycles. The topological polar surface area (TPSA) is 24.7 Å². The minimum absolute atomic E-state index is 0. The van der Waals surface area contributed by atoms with E-state index in [1.54, 1.807) is 18.1 Å². The molecule has 0 aliphatic rings. The Kier molecular flexibility index (Phi) is 31.7. The molecule has 3 aromatic rings. The van der Waals surface area contributed by atoms with Crippen LogP contribution in [0.3, 0.4) is 0 Å². The predicted octanol–water partition coefficient (Wildman–Crippen LogP) is 17.8. The van der Waals surface area contributed by atoms with Crippen LogP contribution in [-0.2, 0) is 42.2 Å². The van der Waals surface area contributed by atoms with Gasteiger partial charge in [0.25, 0.3) is 0 Å². The molecule has 0 heterocycles. The predicted molar refractivity (Wildman–Crippen MR) is 254 cm³/mol. The summed E-state index contributed by atoms with van der Waals surface area (Å²) in [5, 5.41) is 0. The van der Waals surface area contributed by atoms with Gasteiger partial charge in [-0.1, -0.05) is 174 Å². The van der Waals surface area contributed by atoms with Crippen LogP contribution in [0.5, 0.6) is 0 Å². The molecule has 0 N–H and O–H groups in total. The van der Waals surface area contributed by atoms with E-state index < -0.39 is 0 Å². The first kappa shape index (κ1) is 52.5. The summed E-state index contributed by atoms with van der Waals surface area (Å²) in [5.74, 6) is 0. The van der Waals surface area contributed by atoms with Crippen molar-refractivity contribution in [1.29, 1.82) is 0 Å². The number of aliphatic imine (C=N–C) groups is 2. The Morgan fingerprint density at radius 2 is 0.930 bits per heavy atom. The molecule has 3 heteroatoms. The van der Waals surface area contributed by atoms with Crippen molar-refractivity contribution in [3.63, 3.8) is 0 Å². The monoisotopic (exact) mass is 820 g/mol. The third kappa shape index (κ3) is 21.9. The van der Waals surface area contributed by atoms with Gasteiger partial charge in [0.2, 0.25) is 0 Å². The average molecular weight is 821 g/mol. The normalized spacial score (nSPS) is 11.5. The molecule has 0 fully saturated rings. The maximum atomic E-state index is 5.16. The summed E-state index contributed by atoms with van der Waals surface area (Å²) in [6.07, 6.45) is 35.8. The van der Waals surface area contributed by atoms with Gasteiger partial charge in [-0.25, -0.2) is 0 Å². The summed E-state index contributed by atoms with van der Waals surface area (Å²) in [4.78, 5) is 10.3. The zero-order valence-corrected chi connectivity index (χ0v) is 39.1. The Hall–Kier alpha value is -2.51. The maximum Gasteiger partial charge on any atom is 0.0639 e. The summed E-state index contributed by atoms with van der Waals surface area (Å²) in [7, 11) is 0. The molecule has 0 radical (unpaired) electrons. The molecule has 322 valence electrons. The molecule has 3 rings (SSSR count). The Morgan fingerprint density at radius 3 is 1.46 bits per heavy atom. The third-order valence-corrected chi connectivity index (χ3v) is 11.3. The minimum atomic E-state index is 0. The Balaban J connectivity index is 0.00000533. The van der Waals surface area contributed by atoms with E-state index in [1.165, 1.54) is 182 Å². The minimum Gasteiger partial charge on any atom is -0.346 e. The van der Waals surface area contributed by atoms with E-state index in [2.05, 4.69) is 103 Å². The van der Waals surface area contributed by atoms with Crippen molar-refractivity contribution in [1.82, 2.24) is 0 Å². The van der Waals surface area contributed by atoms with Crippen molar-refractivity contribution in [3.8, 4) is 11.1 Å². The second-order valence-corrected chi connectivity index (χ2v) is 16.3. The van der Waals surface area contributed by atoms with Crippen LogP contribution >= 0.6 is 0 Å². The molecule has 0 saturated heterocycles. The number of nitrogens with zero attached hydrogens (tertiary/aromatic N) is 2. The van der Waals surface area contributed by atoms with Crippen molar-refractivity contribution < 1.29 is 16.5 Å². The molecule has 0 saturated carbocycles. The van der Waals surface area contributed by atoms with Crippen LogP contribution in [0.2, 0.25) is 0 Å². The van der Waals surface area contributed by atoms with Gasteiger partial charge in [0, 0.05) is 22.7 Å². The Bertz CT molecular complexity index is 1490. The van der Waals surface area contributed by atoms with Crippen LogP contribution in [0.1, 0.15) is 211 Å². The van der Waals surface area contributed by atoms with E-state index in [0.717, 1.165) is 29.9 Å². The van der Waals surface area contributed by atoms with Gasteiger partial charge in [0.15, 0.2) is 0 Å². The van der Waals surface area contributed by atoms with Crippen molar-refractivity contribution in [2.75, 3.05) is 0 Å². The standard InChI is InChI=1S/C52H80N2.C2H5.Ni/c1-7-11-15-19-22-27-34-46-40-49(38-43(5)50(46)36-30-23-20-16-12-8-2)54-44(6)42-53-48-39-47(35-26-18-14-10-4)51(37-31-24-21-17-13-9-3)52(41-48)45-32-28-25-29-33-45;1-2;/h25,28-29,32-33,38-42H,7-24,26-27,30-31,34-37H2,1-6H3;1H2,2H3;/q;-1;. The summed E-state index contributed by atoms with van der Waals surface area (Å²) < 4.78 is 0. The maximum absolute atomic E-state index is 5.16. The molecule has 0 unspecified atom stereocenters. The third-order valence-electron chi connectivity index (χ3n) is 11.3. The summed E-state index contributed by atoms with van der Waals surface area (Å²) >= 11 is 0. The number of benzene rings is 3. The zero-order chi connectivity index (χ0) is 40.6. The zero-order valence-electron chi connectivity index (χ0n) is 38.1. The van der Waals surface area contributed by atoms with Crippen molar-refractivity contribution in [3.05, 3.63) is 89.3 Å². The second kappa shape index (κ2) is 34.4. The van der Waals surface area contributed by atoms with Crippen LogP contribution in [0.25, 0.3) is 11.1 Å². The van der Waals surface area contributed by atoms with Gasteiger partial charge >= 0.3 is 0 Å². The largest absolute Gasteiger partial charge is 0.346 e. The van der Waals surface area contributed by atoms with E-state index in [-0.39, 0.29) is 16.5 Å². The van der Waals surface area contributed by atoms with Crippen LogP contribution in [0.15, 0.2) is 64.6 Å². The number of unbranched alkanes of at least 4 members (excludes halogenated alkanes) is 18. The van der Waals surface area contributed by atoms with Crippen molar-refractivity contribution in [2.45, 2.75) is 215 Å². The van der Waals surface area contributed by atoms with Gasteiger partial charge in [-0.2, -0.15) is 6.92 Å². The summed E-state index contributed by atoms with van der Waals surface area (Å²) in [6.45, 7) is 18.7. The first-order chi connectivity index (χ1) is 27.5.